The minimum Gasteiger partial charge on any atom is -0.464 e. The van der Waals surface area contributed by atoms with Gasteiger partial charge in [-0.15, -0.1) is 0 Å². The van der Waals surface area contributed by atoms with Gasteiger partial charge in [-0.3, -0.25) is 0 Å². The van der Waals surface area contributed by atoms with E-state index in [4.69, 9.17) is 4.74 Å². The van der Waals surface area contributed by atoms with E-state index in [-0.39, 0.29) is 6.23 Å². The first-order valence-corrected chi connectivity index (χ1v) is 15.7. The van der Waals surface area contributed by atoms with Crippen molar-refractivity contribution in [3.63, 3.8) is 0 Å². The Morgan fingerprint density at radius 2 is 1.04 bits per heavy atom. The molecule has 1 unspecified atom stereocenters. The number of benzene rings is 8. The molecule has 46 heavy (non-hydrogen) atoms. The maximum Gasteiger partial charge on any atom is 0.196 e. The van der Waals surface area contributed by atoms with Crippen LogP contribution < -0.4 is 15.0 Å². The molecule has 218 valence electrons. The molecule has 0 bridgehead atoms. The van der Waals surface area contributed by atoms with Crippen LogP contribution in [0.25, 0.3) is 43.4 Å². The van der Waals surface area contributed by atoms with Gasteiger partial charge in [0.05, 0.1) is 5.69 Å². The van der Waals surface area contributed by atoms with Gasteiger partial charge >= 0.3 is 0 Å². The second-order valence-electron chi connectivity index (χ2n) is 11.8. The fourth-order valence-electron chi connectivity index (χ4n) is 6.84. The molecule has 0 saturated heterocycles. The van der Waals surface area contributed by atoms with Crippen LogP contribution in [0.3, 0.4) is 0 Å². The van der Waals surface area contributed by atoms with Gasteiger partial charge in [0.1, 0.15) is 5.75 Å². The first-order valence-electron chi connectivity index (χ1n) is 15.7. The normalized spacial score (nSPS) is 13.8. The monoisotopic (exact) mass is 590 g/mol. The highest BCUT2D eigenvalue weighted by molar-refractivity contribution is 6.13. The zero-order valence-corrected chi connectivity index (χ0v) is 25.1. The lowest BCUT2D eigenvalue weighted by atomic mass is 9.93. The van der Waals surface area contributed by atoms with Crippen LogP contribution in [0.15, 0.2) is 170 Å². The molecule has 0 spiro atoms. The molecule has 0 aromatic heterocycles. The number of nitrogens with one attached hydrogen (secondary N) is 1. The molecular formula is C43H30N2O. The lowest BCUT2D eigenvalue weighted by Gasteiger charge is -2.26. The average molecular weight is 591 g/mol. The second-order valence-corrected chi connectivity index (χ2v) is 11.8. The number of para-hydroxylation sites is 1. The summed E-state index contributed by atoms with van der Waals surface area (Å²) < 4.78 is 6.36. The first kappa shape index (κ1) is 26.4. The Bertz CT molecular complexity index is 2360. The fourth-order valence-corrected chi connectivity index (χ4v) is 6.84. The van der Waals surface area contributed by atoms with Crippen LogP contribution in [0.2, 0.25) is 0 Å². The van der Waals surface area contributed by atoms with Crippen LogP contribution in [0, 0.1) is 0 Å². The van der Waals surface area contributed by atoms with Crippen LogP contribution in [-0.2, 0) is 0 Å². The number of ether oxygens (including phenoxy) is 1. The summed E-state index contributed by atoms with van der Waals surface area (Å²) in [4.78, 5) is 2.30. The van der Waals surface area contributed by atoms with E-state index in [0.717, 1.165) is 34.1 Å². The van der Waals surface area contributed by atoms with Gasteiger partial charge in [-0.05, 0) is 86.6 Å². The molecule has 0 fully saturated rings. The SMILES string of the molecule is c1ccc(N(c2ccc(-c3cc4ccccc4c4ccccc34)cc2)c2ccc(C3Nc4c(ccc5ccccc45)O3)cc2)cc1. The Balaban J connectivity index is 1.06. The van der Waals surface area contributed by atoms with Gasteiger partial charge in [-0.1, -0.05) is 121 Å². The molecule has 3 heteroatoms. The molecule has 1 heterocycles. The summed E-state index contributed by atoms with van der Waals surface area (Å²) in [6.45, 7) is 0. The fraction of sp³-hybridized carbons (Fsp3) is 0.0233. The topological polar surface area (TPSA) is 24.5 Å². The lowest BCUT2D eigenvalue weighted by Crippen LogP contribution is -2.12. The molecule has 0 saturated carbocycles. The van der Waals surface area contributed by atoms with Crippen molar-refractivity contribution in [1.82, 2.24) is 0 Å². The minimum absolute atomic E-state index is 0.240. The lowest BCUT2D eigenvalue weighted by molar-refractivity contribution is 0.260. The quantitative estimate of drug-likeness (QED) is 0.202. The first-order chi connectivity index (χ1) is 22.8. The number of hydrogen-bond acceptors (Lipinski definition) is 3. The van der Waals surface area contributed by atoms with Crippen LogP contribution in [0.5, 0.6) is 5.75 Å². The van der Waals surface area contributed by atoms with Gasteiger partial charge in [0.15, 0.2) is 6.23 Å². The Hall–Kier alpha value is -6.06. The van der Waals surface area contributed by atoms with Gasteiger partial charge in [0, 0.05) is 28.0 Å². The summed E-state index contributed by atoms with van der Waals surface area (Å²) in [5, 5.41) is 11.1. The highest BCUT2D eigenvalue weighted by Gasteiger charge is 2.25. The molecule has 1 aliphatic heterocycles. The highest BCUT2D eigenvalue weighted by Crippen LogP contribution is 2.44. The van der Waals surface area contributed by atoms with E-state index in [2.05, 4.69) is 180 Å². The summed E-state index contributed by atoms with van der Waals surface area (Å²) in [5.74, 6) is 0.887. The van der Waals surface area contributed by atoms with Crippen molar-refractivity contribution in [2.24, 2.45) is 0 Å². The Kier molecular flexibility index (Phi) is 6.20. The Labute approximate surface area is 267 Å². The summed E-state index contributed by atoms with van der Waals surface area (Å²) in [6.07, 6.45) is -0.240. The van der Waals surface area contributed by atoms with Crippen molar-refractivity contribution in [3.8, 4) is 16.9 Å². The van der Waals surface area contributed by atoms with E-state index in [1.165, 1.54) is 43.4 Å². The molecule has 1 N–H and O–H groups in total. The van der Waals surface area contributed by atoms with Gasteiger partial charge in [0.25, 0.3) is 0 Å². The number of hydrogen-bond donors (Lipinski definition) is 1. The van der Waals surface area contributed by atoms with E-state index in [0.29, 0.717) is 0 Å². The van der Waals surface area contributed by atoms with Crippen molar-refractivity contribution in [1.29, 1.82) is 0 Å². The number of anilines is 4. The zero-order chi connectivity index (χ0) is 30.5. The summed E-state index contributed by atoms with van der Waals surface area (Å²) in [5.41, 5.74) is 7.86. The van der Waals surface area contributed by atoms with E-state index < -0.39 is 0 Å². The third-order valence-corrected chi connectivity index (χ3v) is 9.08. The molecule has 8 aromatic rings. The number of rotatable bonds is 5. The van der Waals surface area contributed by atoms with Crippen molar-refractivity contribution in [2.75, 3.05) is 10.2 Å². The summed E-state index contributed by atoms with van der Waals surface area (Å²) >= 11 is 0. The van der Waals surface area contributed by atoms with Crippen molar-refractivity contribution in [2.45, 2.75) is 6.23 Å². The molecule has 9 rings (SSSR count). The predicted octanol–water partition coefficient (Wildman–Crippen LogP) is 11.8. The van der Waals surface area contributed by atoms with Crippen LogP contribution >= 0.6 is 0 Å². The highest BCUT2D eigenvalue weighted by atomic mass is 16.5. The van der Waals surface area contributed by atoms with Gasteiger partial charge in [-0.25, -0.2) is 0 Å². The Morgan fingerprint density at radius 1 is 0.457 bits per heavy atom. The average Bonchev–Trinajstić information content (AvgIpc) is 3.58. The van der Waals surface area contributed by atoms with Crippen LogP contribution in [-0.4, -0.2) is 0 Å². The molecule has 3 nitrogen and oxygen atoms in total. The van der Waals surface area contributed by atoms with E-state index in [9.17, 15) is 0 Å². The Morgan fingerprint density at radius 3 is 1.80 bits per heavy atom. The second kappa shape index (κ2) is 10.8. The van der Waals surface area contributed by atoms with Crippen LogP contribution in [0.1, 0.15) is 11.8 Å². The summed E-state index contributed by atoms with van der Waals surface area (Å²) in [7, 11) is 0. The van der Waals surface area contributed by atoms with Gasteiger partial charge in [-0.2, -0.15) is 0 Å². The maximum absolute atomic E-state index is 6.36. The minimum atomic E-state index is -0.240. The number of nitrogens with zero attached hydrogens (tertiary/aromatic N) is 1. The van der Waals surface area contributed by atoms with Crippen molar-refractivity contribution >= 4 is 55.1 Å². The molecule has 8 aromatic carbocycles. The largest absolute Gasteiger partial charge is 0.464 e. The molecule has 1 aliphatic rings. The summed E-state index contributed by atoms with van der Waals surface area (Å²) in [6, 6.07) is 60.4. The zero-order valence-electron chi connectivity index (χ0n) is 25.1. The van der Waals surface area contributed by atoms with Gasteiger partial charge in [0.2, 0.25) is 0 Å². The van der Waals surface area contributed by atoms with Crippen molar-refractivity contribution < 1.29 is 4.74 Å². The van der Waals surface area contributed by atoms with Gasteiger partial charge < -0.3 is 15.0 Å². The van der Waals surface area contributed by atoms with E-state index in [1.54, 1.807) is 0 Å². The number of fused-ring (bicyclic) bond motifs is 6. The smallest absolute Gasteiger partial charge is 0.196 e. The van der Waals surface area contributed by atoms with E-state index in [1.807, 2.05) is 0 Å². The van der Waals surface area contributed by atoms with Crippen LogP contribution in [0.4, 0.5) is 22.7 Å². The molecule has 1 atom stereocenters. The maximum atomic E-state index is 6.36. The third kappa shape index (κ3) is 4.44. The van der Waals surface area contributed by atoms with E-state index >= 15 is 0 Å². The molecule has 0 amide bonds. The predicted molar refractivity (Wildman–Crippen MR) is 193 cm³/mol. The third-order valence-electron chi connectivity index (χ3n) is 9.08. The van der Waals surface area contributed by atoms with Crippen molar-refractivity contribution in [3.05, 3.63) is 175 Å². The molecule has 0 aliphatic carbocycles. The standard InChI is InChI=1S/C43H30N2O/c1-2-12-33(13-3-1)45(35-25-20-31(21-26-35)43-44-42-37-15-7-4-10-29(37)22-27-41(42)46-43)34-23-18-30(19-24-34)40-28-32-11-5-6-14-36(32)38-16-8-9-17-39(38)40/h1-28,43-44H. The molecular weight excluding hydrogens is 560 g/mol. The molecule has 0 radical (unpaired) electrons.